The molecule has 0 aliphatic carbocycles. The first kappa shape index (κ1) is 14.3. The fraction of sp³-hybridized carbons (Fsp3) is 0.917. The van der Waals surface area contributed by atoms with Gasteiger partial charge in [-0.15, -0.1) is 0 Å². The molecule has 0 aromatic carbocycles. The molecule has 0 aromatic heterocycles. The Morgan fingerprint density at radius 1 is 1.13 bits per heavy atom. The minimum Gasteiger partial charge on any atom is -0.346 e. The molecule has 3 nitrogen and oxygen atoms in total. The van der Waals surface area contributed by atoms with Gasteiger partial charge in [0.05, 0.1) is 0 Å². The molecule has 0 bridgehead atoms. The lowest BCUT2D eigenvalue weighted by Gasteiger charge is -2.37. The van der Waals surface area contributed by atoms with Gasteiger partial charge >= 0.3 is 0 Å². The molecule has 0 saturated carbocycles. The van der Waals surface area contributed by atoms with Crippen molar-refractivity contribution in [1.82, 2.24) is 9.80 Å². The molecule has 0 heterocycles. The fourth-order valence-electron chi connectivity index (χ4n) is 1.78. The van der Waals surface area contributed by atoms with Crippen LogP contribution in [0.15, 0.2) is 0 Å². The van der Waals surface area contributed by atoms with Gasteiger partial charge in [-0.2, -0.15) is 0 Å². The van der Waals surface area contributed by atoms with Crippen molar-refractivity contribution in [2.75, 3.05) is 13.6 Å². The van der Waals surface area contributed by atoms with Gasteiger partial charge in [0, 0.05) is 25.7 Å². The van der Waals surface area contributed by atoms with Crippen molar-refractivity contribution in [3.63, 3.8) is 0 Å². The lowest BCUT2D eigenvalue weighted by atomic mass is 10.2. The molecule has 0 aliphatic heterocycles. The lowest BCUT2D eigenvalue weighted by molar-refractivity contribution is 0.248. The second-order valence-electron chi connectivity index (χ2n) is 4.69. The Bertz CT molecular complexity index is 179. The average Bonchev–Trinajstić information content (AvgIpc) is 2.12. The molecule has 0 saturated heterocycles. The maximum absolute atomic E-state index is 8.14. The van der Waals surface area contributed by atoms with E-state index in [-0.39, 0.29) is 0 Å². The highest BCUT2D eigenvalue weighted by molar-refractivity contribution is 5.77. The Kier molecular flexibility index (Phi) is 6.37. The lowest BCUT2D eigenvalue weighted by Crippen LogP contribution is -2.49. The summed E-state index contributed by atoms with van der Waals surface area (Å²) in [4.78, 5) is 4.19. The molecule has 90 valence electrons. The van der Waals surface area contributed by atoms with Crippen molar-refractivity contribution in [3.05, 3.63) is 0 Å². The van der Waals surface area contributed by atoms with Gasteiger partial charge < -0.3 is 9.80 Å². The second-order valence-corrected chi connectivity index (χ2v) is 4.69. The Hall–Kier alpha value is -0.730. The van der Waals surface area contributed by atoms with Crippen molar-refractivity contribution in [2.45, 2.75) is 59.5 Å². The molecular weight excluding hydrogens is 186 g/mol. The largest absolute Gasteiger partial charge is 0.346 e. The molecule has 0 atom stereocenters. The van der Waals surface area contributed by atoms with Gasteiger partial charge in [-0.25, -0.2) is 0 Å². The average molecular weight is 213 g/mol. The summed E-state index contributed by atoms with van der Waals surface area (Å²) in [7, 11) is 2.01. The molecule has 3 heteroatoms. The SMILES string of the molecule is CCCCN(C)C(=N)N(C(C)C)C(C)C. The number of hydrogen-bond donors (Lipinski definition) is 1. The van der Waals surface area contributed by atoms with E-state index < -0.39 is 0 Å². The quantitative estimate of drug-likeness (QED) is 0.562. The van der Waals surface area contributed by atoms with E-state index in [1.807, 2.05) is 11.9 Å². The third-order valence-corrected chi connectivity index (χ3v) is 2.57. The zero-order valence-corrected chi connectivity index (χ0v) is 11.2. The van der Waals surface area contributed by atoms with Crippen molar-refractivity contribution in [2.24, 2.45) is 0 Å². The standard InChI is InChI=1S/C12H27N3/c1-7-8-9-14(6)12(13)15(10(2)3)11(4)5/h10-11,13H,7-9H2,1-6H3. The van der Waals surface area contributed by atoms with Crippen LogP contribution in [0, 0.1) is 5.41 Å². The predicted octanol–water partition coefficient (Wildman–Crippen LogP) is 2.77. The van der Waals surface area contributed by atoms with Crippen molar-refractivity contribution in [1.29, 1.82) is 5.41 Å². The van der Waals surface area contributed by atoms with Crippen LogP contribution in [-0.4, -0.2) is 41.4 Å². The van der Waals surface area contributed by atoms with Crippen LogP contribution in [0.1, 0.15) is 47.5 Å². The van der Waals surface area contributed by atoms with Crippen LogP contribution in [0.4, 0.5) is 0 Å². The zero-order valence-electron chi connectivity index (χ0n) is 11.2. The molecule has 0 aromatic rings. The van der Waals surface area contributed by atoms with Gasteiger partial charge in [0.15, 0.2) is 5.96 Å². The maximum Gasteiger partial charge on any atom is 0.193 e. The Morgan fingerprint density at radius 2 is 1.60 bits per heavy atom. The molecule has 0 radical (unpaired) electrons. The van der Waals surface area contributed by atoms with Crippen molar-refractivity contribution in [3.8, 4) is 0 Å². The molecule has 15 heavy (non-hydrogen) atoms. The maximum atomic E-state index is 8.14. The summed E-state index contributed by atoms with van der Waals surface area (Å²) >= 11 is 0. The molecule has 0 rings (SSSR count). The van der Waals surface area contributed by atoms with Crippen LogP contribution < -0.4 is 0 Å². The summed E-state index contributed by atoms with van der Waals surface area (Å²) in [6, 6.07) is 0.781. The highest BCUT2D eigenvalue weighted by Crippen LogP contribution is 2.08. The van der Waals surface area contributed by atoms with E-state index >= 15 is 0 Å². The van der Waals surface area contributed by atoms with Crippen LogP contribution >= 0.6 is 0 Å². The second kappa shape index (κ2) is 6.70. The van der Waals surface area contributed by atoms with E-state index in [4.69, 9.17) is 5.41 Å². The summed E-state index contributed by atoms with van der Waals surface area (Å²) in [6.45, 7) is 11.7. The summed E-state index contributed by atoms with van der Waals surface area (Å²) in [5.74, 6) is 0.647. The number of hydrogen-bond acceptors (Lipinski definition) is 1. The normalized spacial score (nSPS) is 10.9. The molecule has 0 spiro atoms. The Balaban J connectivity index is 4.36. The third kappa shape index (κ3) is 4.54. The summed E-state index contributed by atoms with van der Waals surface area (Å²) < 4.78 is 0. The van der Waals surface area contributed by atoms with E-state index in [0.717, 1.165) is 13.0 Å². The minimum atomic E-state index is 0.390. The highest BCUT2D eigenvalue weighted by Gasteiger charge is 2.19. The Labute approximate surface area is 95.0 Å². The van der Waals surface area contributed by atoms with E-state index in [9.17, 15) is 0 Å². The minimum absolute atomic E-state index is 0.390. The van der Waals surface area contributed by atoms with E-state index in [2.05, 4.69) is 39.5 Å². The number of rotatable bonds is 5. The molecule has 0 aliphatic rings. The number of guanidine groups is 1. The van der Waals surface area contributed by atoms with Gasteiger partial charge in [-0.3, -0.25) is 5.41 Å². The predicted molar refractivity (Wildman–Crippen MR) is 67.4 cm³/mol. The topological polar surface area (TPSA) is 30.3 Å². The molecule has 0 amide bonds. The van der Waals surface area contributed by atoms with E-state index in [1.54, 1.807) is 0 Å². The van der Waals surface area contributed by atoms with Gasteiger partial charge in [0.25, 0.3) is 0 Å². The van der Waals surface area contributed by atoms with Crippen LogP contribution in [-0.2, 0) is 0 Å². The van der Waals surface area contributed by atoms with Crippen LogP contribution in [0.25, 0.3) is 0 Å². The first-order valence-electron chi connectivity index (χ1n) is 5.99. The van der Waals surface area contributed by atoms with Crippen molar-refractivity contribution >= 4 is 5.96 Å². The van der Waals surface area contributed by atoms with E-state index in [0.29, 0.717) is 18.0 Å². The first-order chi connectivity index (χ1) is 6.91. The number of unbranched alkanes of at least 4 members (excludes halogenated alkanes) is 1. The van der Waals surface area contributed by atoms with Gasteiger partial charge in [0.1, 0.15) is 0 Å². The number of nitrogens with zero attached hydrogens (tertiary/aromatic N) is 2. The molecular formula is C12H27N3. The van der Waals surface area contributed by atoms with Crippen LogP contribution in [0.3, 0.4) is 0 Å². The summed E-state index contributed by atoms with van der Waals surface area (Å²) in [6.07, 6.45) is 2.34. The van der Waals surface area contributed by atoms with Crippen LogP contribution in [0.5, 0.6) is 0 Å². The van der Waals surface area contributed by atoms with Crippen molar-refractivity contribution < 1.29 is 0 Å². The molecule has 0 fully saturated rings. The summed E-state index contributed by atoms with van der Waals surface area (Å²) in [5.41, 5.74) is 0. The summed E-state index contributed by atoms with van der Waals surface area (Å²) in [5, 5.41) is 8.14. The smallest absolute Gasteiger partial charge is 0.193 e. The first-order valence-corrected chi connectivity index (χ1v) is 5.99. The third-order valence-electron chi connectivity index (χ3n) is 2.57. The van der Waals surface area contributed by atoms with Crippen LogP contribution in [0.2, 0.25) is 0 Å². The number of nitrogens with one attached hydrogen (secondary N) is 1. The Morgan fingerprint density at radius 3 is 1.93 bits per heavy atom. The molecule has 1 N–H and O–H groups in total. The van der Waals surface area contributed by atoms with Gasteiger partial charge in [0.2, 0.25) is 0 Å². The van der Waals surface area contributed by atoms with Gasteiger partial charge in [-0.1, -0.05) is 13.3 Å². The molecule has 0 unspecified atom stereocenters. The monoisotopic (exact) mass is 213 g/mol. The fourth-order valence-corrected chi connectivity index (χ4v) is 1.78. The van der Waals surface area contributed by atoms with Gasteiger partial charge in [-0.05, 0) is 34.1 Å². The van der Waals surface area contributed by atoms with E-state index in [1.165, 1.54) is 6.42 Å². The zero-order chi connectivity index (χ0) is 12.0. The highest BCUT2D eigenvalue weighted by atomic mass is 15.4.